The van der Waals surface area contributed by atoms with Crippen molar-refractivity contribution in [2.24, 2.45) is 0 Å². The predicted molar refractivity (Wildman–Crippen MR) is 75.6 cm³/mol. The highest BCUT2D eigenvalue weighted by molar-refractivity contribution is 6.31. The molecule has 0 amide bonds. The number of ether oxygens (including phenoxy) is 1. The van der Waals surface area contributed by atoms with Crippen molar-refractivity contribution in [2.45, 2.75) is 38.2 Å². The second kappa shape index (κ2) is 4.64. The molecule has 19 heavy (non-hydrogen) atoms. The van der Waals surface area contributed by atoms with Crippen molar-refractivity contribution in [3.63, 3.8) is 0 Å². The first-order valence-corrected chi connectivity index (χ1v) is 7.26. The Morgan fingerprint density at radius 2 is 1.95 bits per heavy atom. The number of nitrogens with zero attached hydrogens (tertiary/aromatic N) is 1. The fourth-order valence-corrected chi connectivity index (χ4v) is 3.15. The van der Waals surface area contributed by atoms with Gasteiger partial charge in [-0.3, -0.25) is 0 Å². The minimum absolute atomic E-state index is 0.125. The van der Waals surface area contributed by atoms with E-state index in [4.69, 9.17) is 16.3 Å². The monoisotopic (exact) mass is 283 g/mol. The van der Waals surface area contributed by atoms with Gasteiger partial charge in [0.25, 0.3) is 0 Å². The van der Waals surface area contributed by atoms with Crippen LogP contribution in [0.25, 0.3) is 0 Å². The molecule has 0 unspecified atom stereocenters. The van der Waals surface area contributed by atoms with Gasteiger partial charge in [-0.15, -0.1) is 0 Å². The quantitative estimate of drug-likeness (QED) is 0.763. The van der Waals surface area contributed by atoms with Crippen LogP contribution in [0.15, 0.2) is 12.1 Å². The van der Waals surface area contributed by atoms with Gasteiger partial charge in [0.05, 0.1) is 17.9 Å². The van der Waals surface area contributed by atoms with Gasteiger partial charge in [-0.25, -0.2) is 4.39 Å². The van der Waals surface area contributed by atoms with Crippen molar-refractivity contribution in [1.82, 2.24) is 0 Å². The van der Waals surface area contributed by atoms with Crippen molar-refractivity contribution in [3.8, 4) is 0 Å². The Morgan fingerprint density at radius 1 is 1.32 bits per heavy atom. The molecule has 0 aliphatic carbocycles. The van der Waals surface area contributed by atoms with E-state index in [1.165, 1.54) is 6.07 Å². The van der Waals surface area contributed by atoms with Gasteiger partial charge in [-0.1, -0.05) is 25.4 Å². The zero-order valence-corrected chi connectivity index (χ0v) is 12.1. The van der Waals surface area contributed by atoms with E-state index >= 15 is 0 Å². The average molecular weight is 284 g/mol. The van der Waals surface area contributed by atoms with Gasteiger partial charge < -0.3 is 9.64 Å². The van der Waals surface area contributed by atoms with Crippen molar-refractivity contribution in [1.29, 1.82) is 0 Å². The number of halogens is 2. The number of rotatable bonds is 2. The summed E-state index contributed by atoms with van der Waals surface area (Å²) in [6.07, 6.45) is 1.98. The first-order chi connectivity index (χ1) is 9.01. The van der Waals surface area contributed by atoms with E-state index in [0.717, 1.165) is 38.1 Å². The average Bonchev–Trinajstić information content (AvgIpc) is 3.10. The molecule has 0 saturated carbocycles. The number of hydrogen-bond acceptors (Lipinski definition) is 2. The highest BCUT2D eigenvalue weighted by atomic mass is 35.5. The van der Waals surface area contributed by atoms with E-state index < -0.39 is 0 Å². The van der Waals surface area contributed by atoms with Crippen molar-refractivity contribution in [2.75, 3.05) is 24.6 Å². The SMILES string of the molecule is CC(C)c1cc(N2CCC3(CC2)CO3)c(F)cc1Cl. The molecule has 2 aliphatic rings. The first-order valence-electron chi connectivity index (χ1n) is 6.89. The maximum Gasteiger partial charge on any atom is 0.147 e. The van der Waals surface area contributed by atoms with E-state index in [0.29, 0.717) is 16.6 Å². The molecule has 0 atom stereocenters. The molecule has 0 radical (unpaired) electrons. The molecule has 1 spiro atoms. The van der Waals surface area contributed by atoms with Gasteiger partial charge in [0.15, 0.2) is 0 Å². The lowest BCUT2D eigenvalue weighted by Gasteiger charge is -2.33. The van der Waals surface area contributed by atoms with Gasteiger partial charge in [-0.05, 0) is 36.5 Å². The molecule has 4 heteroatoms. The molecule has 2 nitrogen and oxygen atoms in total. The topological polar surface area (TPSA) is 15.8 Å². The summed E-state index contributed by atoms with van der Waals surface area (Å²) in [7, 11) is 0. The van der Waals surface area contributed by atoms with Crippen molar-refractivity contribution < 1.29 is 9.13 Å². The Bertz CT molecular complexity index is 489. The van der Waals surface area contributed by atoms with E-state index in [1.54, 1.807) is 0 Å². The second-order valence-electron chi connectivity index (χ2n) is 5.94. The zero-order valence-electron chi connectivity index (χ0n) is 11.4. The van der Waals surface area contributed by atoms with E-state index in [2.05, 4.69) is 18.7 Å². The third-order valence-corrected chi connectivity index (χ3v) is 4.58. The van der Waals surface area contributed by atoms with Crippen LogP contribution in [-0.4, -0.2) is 25.3 Å². The molecule has 0 N–H and O–H groups in total. The lowest BCUT2D eigenvalue weighted by molar-refractivity contribution is 0.258. The van der Waals surface area contributed by atoms with Crippen LogP contribution < -0.4 is 4.90 Å². The van der Waals surface area contributed by atoms with Gasteiger partial charge in [0.1, 0.15) is 5.82 Å². The number of epoxide rings is 1. The van der Waals surface area contributed by atoms with Gasteiger partial charge in [0.2, 0.25) is 0 Å². The summed E-state index contributed by atoms with van der Waals surface area (Å²) in [6, 6.07) is 3.36. The van der Waals surface area contributed by atoms with Crippen LogP contribution in [0.3, 0.4) is 0 Å². The highest BCUT2D eigenvalue weighted by Gasteiger charge is 2.46. The van der Waals surface area contributed by atoms with Gasteiger partial charge in [0, 0.05) is 18.1 Å². The molecule has 1 aromatic carbocycles. The molecule has 1 aromatic rings. The highest BCUT2D eigenvalue weighted by Crippen LogP contribution is 2.40. The van der Waals surface area contributed by atoms with Crippen molar-refractivity contribution in [3.05, 3.63) is 28.5 Å². The maximum absolute atomic E-state index is 14.1. The molecule has 0 bridgehead atoms. The standard InChI is InChI=1S/C15H19ClFNO/c1-10(2)11-7-14(13(17)8-12(11)16)18-5-3-15(4-6-18)9-19-15/h7-8,10H,3-6,9H2,1-2H3. The summed E-state index contributed by atoms with van der Waals surface area (Å²) in [5, 5.41) is 0.523. The van der Waals surface area contributed by atoms with Crippen LogP contribution in [0.5, 0.6) is 0 Å². The second-order valence-corrected chi connectivity index (χ2v) is 6.35. The number of anilines is 1. The van der Waals surface area contributed by atoms with Gasteiger partial charge in [-0.2, -0.15) is 0 Å². The summed E-state index contributed by atoms with van der Waals surface area (Å²) in [5.41, 5.74) is 1.82. The maximum atomic E-state index is 14.1. The largest absolute Gasteiger partial charge is 0.369 e. The molecule has 104 valence electrons. The number of hydrogen-bond donors (Lipinski definition) is 0. The Hall–Kier alpha value is -0.800. The molecule has 2 fully saturated rings. The molecule has 2 saturated heterocycles. The van der Waals surface area contributed by atoms with Crippen LogP contribution in [0.2, 0.25) is 5.02 Å². The lowest BCUT2D eigenvalue weighted by atomic mass is 9.96. The Kier molecular flexibility index (Phi) is 3.22. The summed E-state index contributed by atoms with van der Waals surface area (Å²) < 4.78 is 19.6. The van der Waals surface area contributed by atoms with E-state index in [-0.39, 0.29) is 11.4 Å². The Morgan fingerprint density at radius 3 is 2.47 bits per heavy atom. The van der Waals surface area contributed by atoms with Crippen LogP contribution in [0.4, 0.5) is 10.1 Å². The summed E-state index contributed by atoms with van der Waals surface area (Å²) in [4.78, 5) is 2.12. The molecule has 2 heterocycles. The molecular weight excluding hydrogens is 265 g/mol. The van der Waals surface area contributed by atoms with Gasteiger partial charge >= 0.3 is 0 Å². The third kappa shape index (κ3) is 2.46. The van der Waals surface area contributed by atoms with Crippen LogP contribution >= 0.6 is 11.6 Å². The molecule has 3 rings (SSSR count). The van der Waals surface area contributed by atoms with Crippen molar-refractivity contribution >= 4 is 17.3 Å². The minimum atomic E-state index is -0.220. The lowest BCUT2D eigenvalue weighted by Crippen LogP contribution is -2.38. The summed E-state index contributed by atoms with van der Waals surface area (Å²) in [5.74, 6) is 0.0804. The number of benzene rings is 1. The predicted octanol–water partition coefficient (Wildman–Crippen LogP) is 3.97. The summed E-state index contributed by atoms with van der Waals surface area (Å²) >= 11 is 6.11. The van der Waals surface area contributed by atoms with Crippen LogP contribution in [0.1, 0.15) is 38.2 Å². The fourth-order valence-electron chi connectivity index (χ4n) is 2.78. The third-order valence-electron chi connectivity index (χ3n) is 4.26. The Balaban J connectivity index is 1.85. The normalized spacial score (nSPS) is 21.2. The molecular formula is C15H19ClFNO. The smallest absolute Gasteiger partial charge is 0.147 e. The first kappa shape index (κ1) is 13.2. The zero-order chi connectivity index (χ0) is 13.6. The summed E-state index contributed by atoms with van der Waals surface area (Å²) in [6.45, 7) is 6.74. The van der Waals surface area contributed by atoms with Crippen LogP contribution in [-0.2, 0) is 4.74 Å². The van der Waals surface area contributed by atoms with Crippen LogP contribution in [0, 0.1) is 5.82 Å². The minimum Gasteiger partial charge on any atom is -0.369 e. The van der Waals surface area contributed by atoms with E-state index in [1.807, 2.05) is 6.07 Å². The Labute approximate surface area is 118 Å². The van der Waals surface area contributed by atoms with E-state index in [9.17, 15) is 4.39 Å². The number of piperidine rings is 1. The fraction of sp³-hybridized carbons (Fsp3) is 0.600. The molecule has 0 aromatic heterocycles. The molecule has 2 aliphatic heterocycles.